The highest BCUT2D eigenvalue weighted by molar-refractivity contribution is 7.80. The van der Waals surface area contributed by atoms with Gasteiger partial charge in [-0.05, 0) is 38.0 Å². The van der Waals surface area contributed by atoms with E-state index in [9.17, 15) is 0 Å². The molecule has 0 saturated carbocycles. The van der Waals surface area contributed by atoms with E-state index in [0.29, 0.717) is 0 Å². The van der Waals surface area contributed by atoms with Crippen molar-refractivity contribution in [2.75, 3.05) is 18.8 Å². The Labute approximate surface area is 75.6 Å². The first-order chi connectivity index (χ1) is 5.24. The average molecular weight is 173 g/mol. The lowest BCUT2D eigenvalue weighted by Crippen LogP contribution is -2.31. The van der Waals surface area contributed by atoms with Gasteiger partial charge in [0, 0.05) is 12.6 Å². The van der Waals surface area contributed by atoms with Crippen LogP contribution in [0.4, 0.5) is 0 Å². The molecule has 0 aromatic heterocycles. The molecule has 66 valence electrons. The zero-order valence-corrected chi connectivity index (χ0v) is 8.48. The predicted octanol–water partition coefficient (Wildman–Crippen LogP) is 2.04. The van der Waals surface area contributed by atoms with Gasteiger partial charge in [0.25, 0.3) is 0 Å². The predicted molar refractivity (Wildman–Crippen MR) is 53.3 cm³/mol. The van der Waals surface area contributed by atoms with Gasteiger partial charge in [0.2, 0.25) is 0 Å². The van der Waals surface area contributed by atoms with E-state index in [1.807, 2.05) is 0 Å². The molecule has 11 heavy (non-hydrogen) atoms. The van der Waals surface area contributed by atoms with Crippen LogP contribution in [0.5, 0.6) is 0 Å². The Morgan fingerprint density at radius 2 is 2.36 bits per heavy atom. The number of likely N-dealkylation sites (tertiary alicyclic amines) is 1. The molecule has 1 rings (SSSR count). The molecule has 1 saturated heterocycles. The molecule has 1 aliphatic heterocycles. The van der Waals surface area contributed by atoms with E-state index in [1.54, 1.807) is 0 Å². The summed E-state index contributed by atoms with van der Waals surface area (Å²) in [5.74, 6) is 1.77. The van der Waals surface area contributed by atoms with Gasteiger partial charge in [-0.15, -0.1) is 0 Å². The van der Waals surface area contributed by atoms with Gasteiger partial charge in [-0.25, -0.2) is 0 Å². The molecular formula is C9H19NS. The van der Waals surface area contributed by atoms with Crippen molar-refractivity contribution in [1.82, 2.24) is 4.90 Å². The minimum Gasteiger partial charge on any atom is -0.300 e. The molecular weight excluding hydrogens is 154 g/mol. The molecule has 2 atom stereocenters. The maximum absolute atomic E-state index is 4.29. The molecule has 0 N–H and O–H groups in total. The normalized spacial score (nSPS) is 29.2. The van der Waals surface area contributed by atoms with Gasteiger partial charge >= 0.3 is 0 Å². The monoisotopic (exact) mass is 173 g/mol. The summed E-state index contributed by atoms with van der Waals surface area (Å²) in [5, 5.41) is 0. The first-order valence-corrected chi connectivity index (χ1v) is 5.22. The Kier molecular flexibility index (Phi) is 3.73. The molecule has 0 aromatic rings. The van der Waals surface area contributed by atoms with Gasteiger partial charge in [-0.3, -0.25) is 0 Å². The molecule has 0 aromatic carbocycles. The van der Waals surface area contributed by atoms with Crippen LogP contribution >= 0.6 is 12.6 Å². The maximum atomic E-state index is 4.29. The van der Waals surface area contributed by atoms with Crippen molar-refractivity contribution in [2.45, 2.75) is 32.7 Å². The Bertz CT molecular complexity index is 116. The smallest absolute Gasteiger partial charge is 0.00675 e. The first kappa shape index (κ1) is 9.40. The fourth-order valence-electron chi connectivity index (χ4n) is 1.72. The van der Waals surface area contributed by atoms with Gasteiger partial charge in [0.1, 0.15) is 0 Å². The van der Waals surface area contributed by atoms with Gasteiger partial charge in [-0.2, -0.15) is 12.6 Å². The SMILES string of the molecule is CC(CS)CN1CCCC1C. The largest absolute Gasteiger partial charge is 0.300 e. The molecule has 2 unspecified atom stereocenters. The third-order valence-corrected chi connectivity index (χ3v) is 3.17. The van der Waals surface area contributed by atoms with Gasteiger partial charge in [0.15, 0.2) is 0 Å². The summed E-state index contributed by atoms with van der Waals surface area (Å²) in [6.45, 7) is 7.15. The second-order valence-electron chi connectivity index (χ2n) is 3.77. The van der Waals surface area contributed by atoms with Gasteiger partial charge in [-0.1, -0.05) is 6.92 Å². The highest BCUT2D eigenvalue weighted by Gasteiger charge is 2.20. The maximum Gasteiger partial charge on any atom is 0.00675 e. The third-order valence-electron chi connectivity index (χ3n) is 2.55. The molecule has 0 bridgehead atoms. The van der Waals surface area contributed by atoms with Crippen LogP contribution in [0.2, 0.25) is 0 Å². The number of hydrogen-bond donors (Lipinski definition) is 1. The Morgan fingerprint density at radius 1 is 1.64 bits per heavy atom. The van der Waals surface area contributed by atoms with Crippen LogP contribution in [-0.4, -0.2) is 29.8 Å². The molecule has 0 aliphatic carbocycles. The number of nitrogens with zero attached hydrogens (tertiary/aromatic N) is 1. The van der Waals surface area contributed by atoms with E-state index >= 15 is 0 Å². The third kappa shape index (κ3) is 2.68. The summed E-state index contributed by atoms with van der Waals surface area (Å²) in [6.07, 6.45) is 2.78. The zero-order chi connectivity index (χ0) is 8.27. The van der Waals surface area contributed by atoms with Crippen LogP contribution in [-0.2, 0) is 0 Å². The van der Waals surface area contributed by atoms with Crippen molar-refractivity contribution in [3.8, 4) is 0 Å². The molecule has 0 radical (unpaired) electrons. The van der Waals surface area contributed by atoms with Crippen molar-refractivity contribution in [3.05, 3.63) is 0 Å². The molecule has 1 nitrogen and oxygen atoms in total. The van der Waals surface area contributed by atoms with Crippen LogP contribution in [0.25, 0.3) is 0 Å². The molecule has 0 amide bonds. The summed E-state index contributed by atoms with van der Waals surface area (Å²) in [5.41, 5.74) is 0. The van der Waals surface area contributed by atoms with Crippen molar-refractivity contribution in [3.63, 3.8) is 0 Å². The Balaban J connectivity index is 2.24. The van der Waals surface area contributed by atoms with Crippen LogP contribution in [0.1, 0.15) is 26.7 Å². The molecule has 1 heterocycles. The number of thiol groups is 1. The molecule has 1 fully saturated rings. The molecule has 2 heteroatoms. The van der Waals surface area contributed by atoms with E-state index in [2.05, 4.69) is 31.4 Å². The highest BCUT2D eigenvalue weighted by Crippen LogP contribution is 2.17. The summed E-state index contributed by atoms with van der Waals surface area (Å²) in [4.78, 5) is 2.58. The summed E-state index contributed by atoms with van der Waals surface area (Å²) < 4.78 is 0. The first-order valence-electron chi connectivity index (χ1n) is 4.59. The van der Waals surface area contributed by atoms with E-state index in [-0.39, 0.29) is 0 Å². The minimum atomic E-state index is 0.749. The van der Waals surface area contributed by atoms with E-state index in [0.717, 1.165) is 17.7 Å². The highest BCUT2D eigenvalue weighted by atomic mass is 32.1. The summed E-state index contributed by atoms with van der Waals surface area (Å²) in [6, 6.07) is 0.817. The van der Waals surface area contributed by atoms with Crippen molar-refractivity contribution in [1.29, 1.82) is 0 Å². The zero-order valence-electron chi connectivity index (χ0n) is 7.58. The molecule has 0 spiro atoms. The quantitative estimate of drug-likeness (QED) is 0.639. The summed E-state index contributed by atoms with van der Waals surface area (Å²) >= 11 is 4.29. The Hall–Kier alpha value is 0.310. The second kappa shape index (κ2) is 4.36. The van der Waals surface area contributed by atoms with Crippen molar-refractivity contribution in [2.24, 2.45) is 5.92 Å². The minimum absolute atomic E-state index is 0.749. The van der Waals surface area contributed by atoms with Gasteiger partial charge < -0.3 is 4.90 Å². The average Bonchev–Trinajstić information content (AvgIpc) is 2.37. The number of rotatable bonds is 3. The van der Waals surface area contributed by atoms with Crippen LogP contribution in [0.15, 0.2) is 0 Å². The number of hydrogen-bond acceptors (Lipinski definition) is 2. The second-order valence-corrected chi connectivity index (χ2v) is 4.14. The van der Waals surface area contributed by atoms with Crippen LogP contribution < -0.4 is 0 Å². The van der Waals surface area contributed by atoms with E-state index in [1.165, 1.54) is 25.9 Å². The van der Waals surface area contributed by atoms with Crippen LogP contribution in [0, 0.1) is 5.92 Å². The fraction of sp³-hybridized carbons (Fsp3) is 1.00. The fourth-order valence-corrected chi connectivity index (χ4v) is 1.84. The summed E-state index contributed by atoms with van der Waals surface area (Å²) in [7, 11) is 0. The van der Waals surface area contributed by atoms with Crippen molar-refractivity contribution >= 4 is 12.6 Å². The van der Waals surface area contributed by atoms with Gasteiger partial charge in [0.05, 0.1) is 0 Å². The standard InChI is InChI=1S/C9H19NS/c1-8(7-11)6-10-5-3-4-9(10)2/h8-9,11H,3-7H2,1-2H3. The topological polar surface area (TPSA) is 3.24 Å². The van der Waals surface area contributed by atoms with E-state index in [4.69, 9.17) is 0 Å². The van der Waals surface area contributed by atoms with Crippen molar-refractivity contribution < 1.29 is 0 Å². The molecule has 1 aliphatic rings. The van der Waals surface area contributed by atoms with E-state index < -0.39 is 0 Å². The lowest BCUT2D eigenvalue weighted by atomic mass is 10.2. The van der Waals surface area contributed by atoms with Crippen LogP contribution in [0.3, 0.4) is 0 Å². The Morgan fingerprint density at radius 3 is 2.82 bits per heavy atom. The lowest BCUT2D eigenvalue weighted by Gasteiger charge is -2.23. The lowest BCUT2D eigenvalue weighted by molar-refractivity contribution is 0.241.